The largest absolute Gasteiger partial charge is 0.376 e. The van der Waals surface area contributed by atoms with Crippen LogP contribution >= 0.6 is 0 Å². The van der Waals surface area contributed by atoms with Gasteiger partial charge in [-0.2, -0.15) is 0 Å². The monoisotopic (exact) mass is 240 g/mol. The number of hydrazine groups is 1. The third-order valence-electron chi connectivity index (χ3n) is 2.75. The van der Waals surface area contributed by atoms with Crippen LogP contribution in [-0.2, 0) is 4.74 Å². The minimum Gasteiger partial charge on any atom is -0.376 e. The van der Waals surface area contributed by atoms with Crippen LogP contribution in [-0.4, -0.2) is 12.7 Å². The molecule has 0 aliphatic rings. The molecule has 0 radical (unpaired) electrons. The Bertz CT molecular complexity index is 327. The summed E-state index contributed by atoms with van der Waals surface area (Å²) in [6, 6.07) is 6.20. The maximum absolute atomic E-state index is 12.9. The molecule has 1 aromatic rings. The van der Waals surface area contributed by atoms with E-state index < -0.39 is 0 Å². The number of nitrogens with one attached hydrogen (secondary N) is 1. The topological polar surface area (TPSA) is 47.3 Å². The van der Waals surface area contributed by atoms with Crippen molar-refractivity contribution in [3.05, 3.63) is 35.6 Å². The highest BCUT2D eigenvalue weighted by atomic mass is 19.1. The average molecular weight is 240 g/mol. The molecule has 0 bridgehead atoms. The van der Waals surface area contributed by atoms with Crippen molar-refractivity contribution in [1.29, 1.82) is 0 Å². The Labute approximate surface area is 102 Å². The molecular formula is C13H21FN2O. The molecule has 0 heterocycles. The van der Waals surface area contributed by atoms with Crippen molar-refractivity contribution in [2.24, 2.45) is 11.8 Å². The highest BCUT2D eigenvalue weighted by Gasteiger charge is 2.25. The molecule has 17 heavy (non-hydrogen) atoms. The standard InChI is InChI=1S/C13H21FN2O/c1-4-17-13(9(2)3)12(16-15)10-5-7-11(14)8-6-10/h5-9,12-13,16H,4,15H2,1-3H3. The van der Waals surface area contributed by atoms with Crippen molar-refractivity contribution in [2.45, 2.75) is 32.9 Å². The summed E-state index contributed by atoms with van der Waals surface area (Å²) in [5.74, 6) is 5.66. The SMILES string of the molecule is CCOC(C(C)C)C(NN)c1ccc(F)cc1. The summed E-state index contributed by atoms with van der Waals surface area (Å²) in [6.07, 6.45) is -0.0320. The maximum atomic E-state index is 12.9. The molecule has 2 unspecified atom stereocenters. The van der Waals surface area contributed by atoms with Gasteiger partial charge in [0.2, 0.25) is 0 Å². The van der Waals surface area contributed by atoms with Gasteiger partial charge in [0.15, 0.2) is 0 Å². The smallest absolute Gasteiger partial charge is 0.123 e. The van der Waals surface area contributed by atoms with Crippen molar-refractivity contribution in [2.75, 3.05) is 6.61 Å². The Morgan fingerprint density at radius 3 is 2.29 bits per heavy atom. The van der Waals surface area contributed by atoms with Gasteiger partial charge in [-0.05, 0) is 30.5 Å². The van der Waals surface area contributed by atoms with Gasteiger partial charge in [-0.15, -0.1) is 0 Å². The Kier molecular flexibility index (Phi) is 5.55. The quantitative estimate of drug-likeness (QED) is 0.593. The summed E-state index contributed by atoms with van der Waals surface area (Å²) in [5.41, 5.74) is 3.69. The number of benzene rings is 1. The van der Waals surface area contributed by atoms with E-state index in [1.807, 2.05) is 6.92 Å². The van der Waals surface area contributed by atoms with Gasteiger partial charge < -0.3 is 4.74 Å². The number of halogens is 1. The second kappa shape index (κ2) is 6.69. The van der Waals surface area contributed by atoms with Crippen molar-refractivity contribution >= 4 is 0 Å². The van der Waals surface area contributed by atoms with Crippen LogP contribution in [0.4, 0.5) is 4.39 Å². The highest BCUT2D eigenvalue weighted by Crippen LogP contribution is 2.24. The normalized spacial score (nSPS) is 14.9. The zero-order chi connectivity index (χ0) is 12.8. The van der Waals surface area contributed by atoms with Gasteiger partial charge in [-0.1, -0.05) is 26.0 Å². The number of nitrogens with two attached hydrogens (primary N) is 1. The third-order valence-corrected chi connectivity index (χ3v) is 2.75. The predicted octanol–water partition coefficient (Wildman–Crippen LogP) is 2.39. The van der Waals surface area contributed by atoms with Crippen LogP contribution in [0.25, 0.3) is 0 Å². The third kappa shape index (κ3) is 3.77. The van der Waals surface area contributed by atoms with E-state index in [2.05, 4.69) is 19.3 Å². The molecular weight excluding hydrogens is 219 g/mol. The molecule has 2 atom stereocenters. The molecule has 1 aromatic carbocycles. The minimum absolute atomic E-state index is 0.0320. The van der Waals surface area contributed by atoms with Crippen molar-refractivity contribution < 1.29 is 9.13 Å². The first kappa shape index (κ1) is 14.1. The van der Waals surface area contributed by atoms with Gasteiger partial charge >= 0.3 is 0 Å². The molecule has 1 rings (SSSR count). The summed E-state index contributed by atoms with van der Waals surface area (Å²) in [5, 5.41) is 0. The predicted molar refractivity (Wildman–Crippen MR) is 66.7 cm³/mol. The molecule has 0 amide bonds. The molecule has 3 nitrogen and oxygen atoms in total. The molecule has 0 fully saturated rings. The van der Waals surface area contributed by atoms with Gasteiger partial charge in [0.25, 0.3) is 0 Å². The molecule has 0 saturated heterocycles. The fourth-order valence-corrected chi connectivity index (χ4v) is 1.92. The lowest BCUT2D eigenvalue weighted by Gasteiger charge is -2.29. The second-order valence-electron chi connectivity index (χ2n) is 4.36. The lowest BCUT2D eigenvalue weighted by atomic mass is 9.94. The first-order valence-electron chi connectivity index (χ1n) is 5.93. The van der Waals surface area contributed by atoms with Gasteiger partial charge in [0.05, 0.1) is 12.1 Å². The lowest BCUT2D eigenvalue weighted by molar-refractivity contribution is 0.00276. The first-order valence-corrected chi connectivity index (χ1v) is 5.93. The number of rotatable bonds is 6. The molecule has 4 heteroatoms. The van der Waals surface area contributed by atoms with Gasteiger partial charge in [0, 0.05) is 6.61 Å². The van der Waals surface area contributed by atoms with E-state index in [-0.39, 0.29) is 18.0 Å². The van der Waals surface area contributed by atoms with Crippen LogP contribution in [0.1, 0.15) is 32.4 Å². The van der Waals surface area contributed by atoms with Crippen LogP contribution in [0.2, 0.25) is 0 Å². The van der Waals surface area contributed by atoms with Crippen LogP contribution in [0.5, 0.6) is 0 Å². The number of hydrogen-bond donors (Lipinski definition) is 2. The lowest BCUT2D eigenvalue weighted by Crippen LogP contribution is -2.40. The summed E-state index contributed by atoms with van der Waals surface area (Å²) >= 11 is 0. The Hall–Kier alpha value is -0.970. The van der Waals surface area contributed by atoms with Crippen molar-refractivity contribution in [3.63, 3.8) is 0 Å². The van der Waals surface area contributed by atoms with Crippen molar-refractivity contribution in [1.82, 2.24) is 5.43 Å². The summed E-state index contributed by atoms with van der Waals surface area (Å²) in [4.78, 5) is 0. The Balaban J connectivity index is 2.91. The van der Waals surface area contributed by atoms with E-state index in [1.54, 1.807) is 12.1 Å². The average Bonchev–Trinajstić information content (AvgIpc) is 2.31. The number of hydrogen-bond acceptors (Lipinski definition) is 3. The van der Waals surface area contributed by atoms with E-state index in [4.69, 9.17) is 10.6 Å². The van der Waals surface area contributed by atoms with Crippen LogP contribution in [0, 0.1) is 11.7 Å². The number of ether oxygens (including phenoxy) is 1. The first-order chi connectivity index (χ1) is 8.10. The zero-order valence-electron chi connectivity index (χ0n) is 10.6. The van der Waals surface area contributed by atoms with Crippen LogP contribution in [0.3, 0.4) is 0 Å². The molecule has 3 N–H and O–H groups in total. The molecule has 0 aromatic heterocycles. The highest BCUT2D eigenvalue weighted by molar-refractivity contribution is 5.21. The molecule has 0 aliphatic heterocycles. The van der Waals surface area contributed by atoms with Gasteiger partial charge in [-0.25, -0.2) is 4.39 Å². The zero-order valence-corrected chi connectivity index (χ0v) is 10.6. The molecule has 0 aliphatic carbocycles. The van der Waals surface area contributed by atoms with Crippen LogP contribution in [0.15, 0.2) is 24.3 Å². The van der Waals surface area contributed by atoms with Crippen molar-refractivity contribution in [3.8, 4) is 0 Å². The van der Waals surface area contributed by atoms with E-state index in [1.165, 1.54) is 12.1 Å². The van der Waals surface area contributed by atoms with Gasteiger partial charge in [0.1, 0.15) is 5.82 Å². The Morgan fingerprint density at radius 1 is 1.29 bits per heavy atom. The van der Waals surface area contributed by atoms with E-state index in [9.17, 15) is 4.39 Å². The fraction of sp³-hybridized carbons (Fsp3) is 0.538. The summed E-state index contributed by atoms with van der Waals surface area (Å²) < 4.78 is 18.6. The minimum atomic E-state index is -0.248. The molecule has 0 saturated carbocycles. The fourth-order valence-electron chi connectivity index (χ4n) is 1.92. The van der Waals surface area contributed by atoms with Gasteiger partial charge in [-0.3, -0.25) is 11.3 Å². The second-order valence-corrected chi connectivity index (χ2v) is 4.36. The van der Waals surface area contributed by atoms with E-state index >= 15 is 0 Å². The van der Waals surface area contributed by atoms with E-state index in [0.717, 1.165) is 5.56 Å². The van der Waals surface area contributed by atoms with E-state index in [0.29, 0.717) is 12.5 Å². The van der Waals surface area contributed by atoms with Crippen LogP contribution < -0.4 is 11.3 Å². The summed E-state index contributed by atoms with van der Waals surface area (Å²) in [7, 11) is 0. The Morgan fingerprint density at radius 2 is 1.88 bits per heavy atom. The molecule has 96 valence electrons. The summed E-state index contributed by atoms with van der Waals surface area (Å²) in [6.45, 7) is 6.73. The molecule has 0 spiro atoms. The maximum Gasteiger partial charge on any atom is 0.123 e.